The van der Waals surface area contributed by atoms with Crippen molar-refractivity contribution in [2.45, 2.75) is 26.2 Å². The van der Waals surface area contributed by atoms with Crippen LogP contribution in [0.4, 0.5) is 23.1 Å². The molecular weight excluding hydrogens is 461 g/mol. The molecule has 0 unspecified atom stereocenters. The first-order chi connectivity index (χ1) is 16.0. The summed E-state index contributed by atoms with van der Waals surface area (Å²) in [6, 6.07) is 14.2. The van der Waals surface area contributed by atoms with Crippen LogP contribution in [0.1, 0.15) is 25.0 Å². The van der Waals surface area contributed by atoms with E-state index < -0.39 is 0 Å². The van der Waals surface area contributed by atoms with Crippen molar-refractivity contribution in [1.29, 1.82) is 0 Å². The van der Waals surface area contributed by atoms with Crippen LogP contribution < -0.4 is 20.3 Å². The molecule has 33 heavy (non-hydrogen) atoms. The van der Waals surface area contributed by atoms with Crippen LogP contribution in [0, 0.1) is 6.92 Å². The molecule has 7 nitrogen and oxygen atoms in total. The van der Waals surface area contributed by atoms with Gasteiger partial charge in [-0.05, 0) is 68.7 Å². The minimum atomic E-state index is -0.296. The molecule has 2 N–H and O–H groups in total. The van der Waals surface area contributed by atoms with Gasteiger partial charge in [-0.25, -0.2) is 4.98 Å². The average molecular weight is 486 g/mol. The lowest BCUT2D eigenvalue weighted by atomic mass is 10.1. The number of nitrogens with one attached hydrogen (secondary N) is 2. The van der Waals surface area contributed by atoms with Gasteiger partial charge in [0.1, 0.15) is 11.6 Å². The summed E-state index contributed by atoms with van der Waals surface area (Å²) in [6.45, 7) is 3.85. The van der Waals surface area contributed by atoms with Gasteiger partial charge in [-0.3, -0.25) is 4.79 Å². The Kier molecular flexibility index (Phi) is 7.52. The maximum Gasteiger partial charge on any atom is 0.262 e. The smallest absolute Gasteiger partial charge is 0.262 e. The molecule has 2 heterocycles. The monoisotopic (exact) mass is 485 g/mol. The van der Waals surface area contributed by atoms with Gasteiger partial charge in [0.15, 0.2) is 6.61 Å². The molecule has 1 aliphatic heterocycles. The molecule has 1 saturated heterocycles. The van der Waals surface area contributed by atoms with E-state index in [-0.39, 0.29) is 12.5 Å². The highest BCUT2D eigenvalue weighted by molar-refractivity contribution is 6.35. The molecular formula is C24H25Cl2N5O2. The fraction of sp³-hybridized carbons (Fsp3) is 0.292. The van der Waals surface area contributed by atoms with E-state index in [9.17, 15) is 4.79 Å². The van der Waals surface area contributed by atoms with Crippen LogP contribution in [0.15, 0.2) is 48.5 Å². The zero-order chi connectivity index (χ0) is 23.2. The lowest BCUT2D eigenvalue weighted by molar-refractivity contribution is -0.118. The van der Waals surface area contributed by atoms with Crippen molar-refractivity contribution in [2.24, 2.45) is 0 Å². The number of carbonyl (C=O) groups is 1. The number of halogens is 2. The Morgan fingerprint density at radius 2 is 1.73 bits per heavy atom. The highest BCUT2D eigenvalue weighted by Crippen LogP contribution is 2.27. The highest BCUT2D eigenvalue weighted by Gasteiger charge is 2.14. The first-order valence-corrected chi connectivity index (χ1v) is 11.6. The Labute approximate surface area is 203 Å². The Morgan fingerprint density at radius 1 is 1.00 bits per heavy atom. The van der Waals surface area contributed by atoms with Crippen molar-refractivity contribution < 1.29 is 9.53 Å². The van der Waals surface area contributed by atoms with E-state index in [1.54, 1.807) is 30.3 Å². The van der Waals surface area contributed by atoms with Crippen molar-refractivity contribution in [2.75, 3.05) is 35.2 Å². The largest absolute Gasteiger partial charge is 0.482 e. The van der Waals surface area contributed by atoms with Gasteiger partial charge in [0.05, 0.1) is 5.02 Å². The molecule has 0 radical (unpaired) electrons. The fourth-order valence-corrected chi connectivity index (χ4v) is 4.05. The molecule has 9 heteroatoms. The zero-order valence-electron chi connectivity index (χ0n) is 18.3. The van der Waals surface area contributed by atoms with Gasteiger partial charge < -0.3 is 20.3 Å². The van der Waals surface area contributed by atoms with Crippen molar-refractivity contribution >= 4 is 52.3 Å². The van der Waals surface area contributed by atoms with Crippen LogP contribution >= 0.6 is 23.2 Å². The highest BCUT2D eigenvalue weighted by atomic mass is 35.5. The van der Waals surface area contributed by atoms with E-state index in [0.717, 1.165) is 30.3 Å². The van der Waals surface area contributed by atoms with Gasteiger partial charge >= 0.3 is 0 Å². The first kappa shape index (κ1) is 23.1. The SMILES string of the molecule is Cc1cc(N2CCCCC2)nc(Nc2ccc(NC(=O)COc3ccc(Cl)cc3Cl)cc2)n1. The topological polar surface area (TPSA) is 79.4 Å². The van der Waals surface area contributed by atoms with E-state index in [1.807, 2.05) is 25.1 Å². The van der Waals surface area contributed by atoms with Crippen LogP contribution in [0.2, 0.25) is 10.0 Å². The summed E-state index contributed by atoms with van der Waals surface area (Å²) in [6.07, 6.45) is 3.66. The van der Waals surface area contributed by atoms with Crippen LogP contribution in [0.5, 0.6) is 5.75 Å². The van der Waals surface area contributed by atoms with Gasteiger partial charge in [0.25, 0.3) is 5.91 Å². The number of aryl methyl sites for hydroxylation is 1. The van der Waals surface area contributed by atoms with Gasteiger partial charge in [-0.2, -0.15) is 4.98 Å². The van der Waals surface area contributed by atoms with E-state index in [0.29, 0.717) is 27.4 Å². The molecule has 0 bridgehead atoms. The number of piperidine rings is 1. The third-order valence-corrected chi connectivity index (χ3v) is 5.73. The van der Waals surface area contributed by atoms with Crippen LogP contribution in [-0.4, -0.2) is 35.6 Å². The summed E-state index contributed by atoms with van der Waals surface area (Å²) in [5.41, 5.74) is 2.39. The molecule has 1 aromatic heterocycles. The third-order valence-electron chi connectivity index (χ3n) is 5.20. The van der Waals surface area contributed by atoms with Crippen LogP contribution in [0.25, 0.3) is 0 Å². The molecule has 1 fully saturated rings. The molecule has 3 aromatic rings. The lowest BCUT2D eigenvalue weighted by Gasteiger charge is -2.28. The summed E-state index contributed by atoms with van der Waals surface area (Å²) >= 11 is 11.9. The minimum Gasteiger partial charge on any atom is -0.482 e. The average Bonchev–Trinajstić information content (AvgIpc) is 2.80. The van der Waals surface area contributed by atoms with Crippen molar-refractivity contribution in [3.63, 3.8) is 0 Å². The number of nitrogens with zero attached hydrogens (tertiary/aromatic N) is 3. The summed E-state index contributed by atoms with van der Waals surface area (Å²) in [4.78, 5) is 23.7. The number of amides is 1. The normalized spacial score (nSPS) is 13.5. The summed E-state index contributed by atoms with van der Waals surface area (Å²) in [5.74, 6) is 1.61. The lowest BCUT2D eigenvalue weighted by Crippen LogP contribution is -2.30. The van der Waals surface area contributed by atoms with Gasteiger partial charge in [0.2, 0.25) is 5.95 Å². The molecule has 2 aromatic carbocycles. The molecule has 0 spiro atoms. The number of hydrogen-bond acceptors (Lipinski definition) is 6. The predicted octanol–water partition coefficient (Wildman–Crippen LogP) is 5.84. The van der Waals surface area contributed by atoms with Crippen molar-refractivity contribution in [3.05, 3.63) is 64.3 Å². The Hall–Kier alpha value is -3.03. The second kappa shape index (κ2) is 10.7. The number of aromatic nitrogens is 2. The molecule has 0 saturated carbocycles. The van der Waals surface area contributed by atoms with Gasteiger partial charge in [0, 0.05) is 41.2 Å². The maximum atomic E-state index is 12.2. The number of anilines is 4. The third kappa shape index (κ3) is 6.49. The second-order valence-electron chi connectivity index (χ2n) is 7.85. The van der Waals surface area contributed by atoms with E-state index >= 15 is 0 Å². The van der Waals surface area contributed by atoms with E-state index in [4.69, 9.17) is 27.9 Å². The fourth-order valence-electron chi connectivity index (χ4n) is 3.59. The number of benzene rings is 2. The Bertz CT molecular complexity index is 1120. The number of ether oxygens (including phenoxy) is 1. The molecule has 1 amide bonds. The van der Waals surface area contributed by atoms with Crippen LogP contribution in [-0.2, 0) is 4.79 Å². The first-order valence-electron chi connectivity index (χ1n) is 10.8. The summed E-state index contributed by atoms with van der Waals surface area (Å²) < 4.78 is 5.47. The minimum absolute atomic E-state index is 0.169. The van der Waals surface area contributed by atoms with Crippen LogP contribution in [0.3, 0.4) is 0 Å². The number of rotatable bonds is 7. The zero-order valence-corrected chi connectivity index (χ0v) is 19.8. The molecule has 0 atom stereocenters. The quantitative estimate of drug-likeness (QED) is 0.437. The number of hydrogen-bond donors (Lipinski definition) is 2. The van der Waals surface area contributed by atoms with Crippen molar-refractivity contribution in [3.8, 4) is 5.75 Å². The van der Waals surface area contributed by atoms with Gasteiger partial charge in [-0.1, -0.05) is 23.2 Å². The molecule has 0 aliphatic carbocycles. The number of carbonyl (C=O) groups excluding carboxylic acids is 1. The predicted molar refractivity (Wildman–Crippen MR) is 133 cm³/mol. The molecule has 4 rings (SSSR count). The Morgan fingerprint density at radius 3 is 2.45 bits per heavy atom. The van der Waals surface area contributed by atoms with Gasteiger partial charge in [-0.15, -0.1) is 0 Å². The van der Waals surface area contributed by atoms with E-state index in [2.05, 4.69) is 25.5 Å². The Balaban J connectivity index is 1.33. The maximum absolute atomic E-state index is 12.2. The molecule has 1 aliphatic rings. The standard InChI is InChI=1S/C24H25Cl2N5O2/c1-16-13-22(31-11-3-2-4-12-31)30-24(27-16)29-19-8-6-18(7-9-19)28-23(32)15-33-21-10-5-17(25)14-20(21)26/h5-10,13-14H,2-4,11-12,15H2,1H3,(H,28,32)(H,27,29,30). The van der Waals surface area contributed by atoms with E-state index in [1.165, 1.54) is 19.3 Å². The van der Waals surface area contributed by atoms with Crippen molar-refractivity contribution in [1.82, 2.24) is 9.97 Å². The molecule has 172 valence electrons. The summed E-state index contributed by atoms with van der Waals surface area (Å²) in [7, 11) is 0. The second-order valence-corrected chi connectivity index (χ2v) is 8.70. The summed E-state index contributed by atoms with van der Waals surface area (Å²) in [5, 5.41) is 6.91.